The molecule has 8 heteroatoms. The maximum Gasteiger partial charge on any atom is 0.416 e. The highest BCUT2D eigenvalue weighted by molar-refractivity contribution is 5.66. The molecule has 2 nitrogen and oxygen atoms in total. The molecule has 8 aromatic rings. The minimum Gasteiger partial charge on any atom is -0.265 e. The number of hydrogen-bond donors (Lipinski definition) is 0. The average Bonchev–Trinajstić information content (AvgIpc) is 3.26. The standard InChI is InChI=1S/2C14H11F3.2C12H11N/c2*1-10-5-7-11(8-6-10)12-3-2-4-13(9-12)14(15,16)17;2*1-10-2-4-11(5-3-10)12-6-8-13-9-7-12/h2*2-9H,1H3;2*2-9H,1H3. The summed E-state index contributed by atoms with van der Waals surface area (Å²) in [6.07, 6.45) is -1.32. The second kappa shape index (κ2) is 20.8. The first-order valence-electron chi connectivity index (χ1n) is 19.1. The van der Waals surface area contributed by atoms with Crippen molar-refractivity contribution in [2.24, 2.45) is 0 Å². The van der Waals surface area contributed by atoms with Crippen LogP contribution in [0, 0.1) is 27.7 Å². The summed E-state index contributed by atoms with van der Waals surface area (Å²) in [6, 6.07) is 50.6. The summed E-state index contributed by atoms with van der Waals surface area (Å²) in [7, 11) is 0. The third-order valence-electron chi connectivity index (χ3n) is 9.28. The lowest BCUT2D eigenvalue weighted by Crippen LogP contribution is -2.04. The molecule has 0 aliphatic rings. The van der Waals surface area contributed by atoms with Crippen LogP contribution in [0.4, 0.5) is 26.3 Å². The topological polar surface area (TPSA) is 25.8 Å². The first-order chi connectivity index (χ1) is 28.7. The number of nitrogens with zero attached hydrogens (tertiary/aromatic N) is 2. The molecule has 304 valence electrons. The molecule has 0 amide bonds. The third kappa shape index (κ3) is 13.7. The molecule has 2 heterocycles. The Morgan fingerprint density at radius 3 is 0.767 bits per heavy atom. The van der Waals surface area contributed by atoms with E-state index in [0.29, 0.717) is 11.1 Å². The molecule has 0 spiro atoms. The molecule has 0 radical (unpaired) electrons. The van der Waals surface area contributed by atoms with E-state index in [-0.39, 0.29) is 0 Å². The predicted molar refractivity (Wildman–Crippen MR) is 232 cm³/mol. The number of halogens is 6. The van der Waals surface area contributed by atoms with Crippen molar-refractivity contribution in [1.29, 1.82) is 0 Å². The van der Waals surface area contributed by atoms with Gasteiger partial charge in [-0.1, -0.05) is 144 Å². The van der Waals surface area contributed by atoms with Crippen LogP contribution in [-0.4, -0.2) is 9.97 Å². The van der Waals surface area contributed by atoms with Crippen molar-refractivity contribution in [1.82, 2.24) is 9.97 Å². The van der Waals surface area contributed by atoms with Gasteiger partial charge in [-0.05, 0) is 121 Å². The van der Waals surface area contributed by atoms with Gasteiger partial charge in [-0.15, -0.1) is 0 Å². The van der Waals surface area contributed by atoms with E-state index >= 15 is 0 Å². The molecule has 0 N–H and O–H groups in total. The molecule has 0 saturated carbocycles. The van der Waals surface area contributed by atoms with Crippen molar-refractivity contribution in [3.63, 3.8) is 0 Å². The molecule has 2 aromatic heterocycles. The van der Waals surface area contributed by atoms with Gasteiger partial charge in [0.05, 0.1) is 11.1 Å². The fourth-order valence-electron chi connectivity index (χ4n) is 5.82. The van der Waals surface area contributed by atoms with Gasteiger partial charge in [0.1, 0.15) is 0 Å². The molecule has 0 atom stereocenters. The summed E-state index contributed by atoms with van der Waals surface area (Å²) in [5, 5.41) is 0. The smallest absolute Gasteiger partial charge is 0.265 e. The number of rotatable bonds is 4. The van der Waals surface area contributed by atoms with Crippen molar-refractivity contribution in [3.8, 4) is 44.5 Å². The highest BCUT2D eigenvalue weighted by Gasteiger charge is 2.31. The van der Waals surface area contributed by atoms with E-state index in [2.05, 4.69) is 72.3 Å². The van der Waals surface area contributed by atoms with Crippen LogP contribution in [0.25, 0.3) is 44.5 Å². The highest BCUT2D eigenvalue weighted by atomic mass is 19.4. The van der Waals surface area contributed by atoms with Crippen LogP contribution >= 0.6 is 0 Å². The number of benzene rings is 6. The van der Waals surface area contributed by atoms with Crippen LogP contribution in [0.3, 0.4) is 0 Å². The van der Waals surface area contributed by atoms with Crippen molar-refractivity contribution in [3.05, 3.63) is 228 Å². The summed E-state index contributed by atoms with van der Waals surface area (Å²) in [5.41, 5.74) is 11.2. The Morgan fingerprint density at radius 1 is 0.283 bits per heavy atom. The number of alkyl halides is 6. The van der Waals surface area contributed by atoms with Crippen LogP contribution in [-0.2, 0) is 12.4 Å². The molecule has 6 aromatic carbocycles. The molecule has 0 fully saturated rings. The van der Waals surface area contributed by atoms with Gasteiger partial charge in [0.2, 0.25) is 0 Å². The Balaban J connectivity index is 0.000000153. The molecule has 0 aliphatic heterocycles. The van der Waals surface area contributed by atoms with E-state index in [9.17, 15) is 26.3 Å². The molecular weight excluding hydrogens is 767 g/mol. The van der Waals surface area contributed by atoms with Gasteiger partial charge < -0.3 is 0 Å². The maximum atomic E-state index is 12.5. The highest BCUT2D eigenvalue weighted by Crippen LogP contribution is 2.33. The van der Waals surface area contributed by atoms with Crippen molar-refractivity contribution in [2.75, 3.05) is 0 Å². The zero-order chi connectivity index (χ0) is 43.1. The van der Waals surface area contributed by atoms with E-state index in [0.717, 1.165) is 34.4 Å². The van der Waals surface area contributed by atoms with Crippen molar-refractivity contribution >= 4 is 0 Å². The van der Waals surface area contributed by atoms with Gasteiger partial charge in [-0.2, -0.15) is 26.3 Å². The van der Waals surface area contributed by atoms with Gasteiger partial charge >= 0.3 is 12.4 Å². The van der Waals surface area contributed by atoms with Gasteiger partial charge in [-0.25, -0.2) is 0 Å². The van der Waals surface area contributed by atoms with Gasteiger partial charge in [0.15, 0.2) is 0 Å². The van der Waals surface area contributed by atoms with Crippen LogP contribution in [0.5, 0.6) is 0 Å². The zero-order valence-corrected chi connectivity index (χ0v) is 33.6. The van der Waals surface area contributed by atoms with Gasteiger partial charge in [-0.3, -0.25) is 9.97 Å². The maximum absolute atomic E-state index is 12.5. The summed E-state index contributed by atoms with van der Waals surface area (Å²) < 4.78 is 75.3. The average molecular weight is 811 g/mol. The lowest BCUT2D eigenvalue weighted by atomic mass is 10.0. The Labute approximate surface area is 347 Å². The number of aryl methyl sites for hydroxylation is 4. The normalized spacial score (nSPS) is 10.8. The Hall–Kier alpha value is -6.80. The lowest BCUT2D eigenvalue weighted by molar-refractivity contribution is -0.138. The molecule has 60 heavy (non-hydrogen) atoms. The Morgan fingerprint density at radius 2 is 0.517 bits per heavy atom. The van der Waals surface area contributed by atoms with E-state index in [1.54, 1.807) is 12.1 Å². The van der Waals surface area contributed by atoms with Crippen molar-refractivity contribution < 1.29 is 26.3 Å². The van der Waals surface area contributed by atoms with Gasteiger partial charge in [0, 0.05) is 24.8 Å². The van der Waals surface area contributed by atoms with Crippen LogP contribution in [0.15, 0.2) is 195 Å². The molecule has 0 saturated heterocycles. The number of pyridine rings is 2. The lowest BCUT2D eigenvalue weighted by Gasteiger charge is -2.09. The fourth-order valence-corrected chi connectivity index (χ4v) is 5.82. The minimum absolute atomic E-state index is 0.583. The van der Waals surface area contributed by atoms with Crippen LogP contribution in [0.2, 0.25) is 0 Å². The first-order valence-corrected chi connectivity index (χ1v) is 19.1. The van der Waals surface area contributed by atoms with Gasteiger partial charge in [0.25, 0.3) is 0 Å². The monoisotopic (exact) mass is 810 g/mol. The summed E-state index contributed by atoms with van der Waals surface area (Å²) in [6.45, 7) is 8.07. The largest absolute Gasteiger partial charge is 0.416 e. The second-order valence-corrected chi connectivity index (χ2v) is 14.1. The van der Waals surface area contributed by atoms with E-state index < -0.39 is 23.5 Å². The van der Waals surface area contributed by atoms with Crippen molar-refractivity contribution in [2.45, 2.75) is 40.0 Å². The first kappa shape index (κ1) is 44.3. The van der Waals surface area contributed by atoms with E-state index in [4.69, 9.17) is 0 Å². The molecule has 0 bridgehead atoms. The summed E-state index contributed by atoms with van der Waals surface area (Å²) in [5.74, 6) is 0. The molecular formula is C52H44F6N2. The minimum atomic E-state index is -4.29. The Bertz CT molecular complexity index is 2320. The fraction of sp³-hybridized carbons (Fsp3) is 0.115. The number of hydrogen-bond acceptors (Lipinski definition) is 2. The molecule has 8 rings (SSSR count). The second-order valence-electron chi connectivity index (χ2n) is 14.1. The van der Waals surface area contributed by atoms with E-state index in [1.807, 2.05) is 111 Å². The van der Waals surface area contributed by atoms with Crippen LogP contribution in [0.1, 0.15) is 33.4 Å². The molecule has 0 aliphatic carbocycles. The Kier molecular flexibility index (Phi) is 15.3. The SMILES string of the molecule is Cc1ccc(-c2cccc(C(F)(F)F)c2)cc1.Cc1ccc(-c2cccc(C(F)(F)F)c2)cc1.Cc1ccc(-c2ccncc2)cc1.Cc1ccc(-c2ccncc2)cc1. The molecule has 0 unspecified atom stereocenters. The third-order valence-corrected chi connectivity index (χ3v) is 9.28. The van der Waals surface area contributed by atoms with E-state index in [1.165, 1.54) is 57.6 Å². The predicted octanol–water partition coefficient (Wildman–Crippen LogP) is 15.5. The summed E-state index contributed by atoms with van der Waals surface area (Å²) >= 11 is 0. The quantitative estimate of drug-likeness (QED) is 0.166. The zero-order valence-electron chi connectivity index (χ0n) is 33.6. The summed E-state index contributed by atoms with van der Waals surface area (Å²) in [4.78, 5) is 7.98. The van der Waals surface area contributed by atoms with Crippen LogP contribution < -0.4 is 0 Å². The number of aromatic nitrogens is 2.